The molecule has 0 radical (unpaired) electrons. The fraction of sp³-hybridized carbons (Fsp3) is 0.407. The molecule has 0 aliphatic heterocycles. The molecular weight excluding hydrogens is 455 g/mol. The lowest BCUT2D eigenvalue weighted by Gasteiger charge is -2.28. The third-order valence-electron chi connectivity index (χ3n) is 6.41. The lowest BCUT2D eigenvalue weighted by atomic mass is 10.1. The molecule has 186 valence electrons. The Balaban J connectivity index is 1.52. The van der Waals surface area contributed by atoms with Gasteiger partial charge in [0.2, 0.25) is 11.8 Å². The van der Waals surface area contributed by atoms with Crippen LogP contribution in [0.3, 0.4) is 0 Å². The van der Waals surface area contributed by atoms with Gasteiger partial charge in [-0.1, -0.05) is 37.3 Å². The summed E-state index contributed by atoms with van der Waals surface area (Å²) < 4.78 is 38.9. The van der Waals surface area contributed by atoms with Crippen LogP contribution in [0.25, 0.3) is 10.9 Å². The van der Waals surface area contributed by atoms with Gasteiger partial charge in [-0.2, -0.15) is 13.2 Å². The normalized spacial score (nSPS) is 13.7. The van der Waals surface area contributed by atoms with E-state index in [1.54, 1.807) is 9.80 Å². The average Bonchev–Trinajstić information content (AvgIpc) is 3.59. The second kappa shape index (κ2) is 10.5. The van der Waals surface area contributed by atoms with Crippen molar-refractivity contribution in [2.24, 2.45) is 0 Å². The van der Waals surface area contributed by atoms with Gasteiger partial charge in [0.25, 0.3) is 0 Å². The summed E-state index contributed by atoms with van der Waals surface area (Å²) in [5.74, 6) is -0.212. The SMILES string of the molecule is CCCC(=O)N(CC(=O)N(CCc1c[nH]c2ccccc12)Cc1ccc(C(F)(F)F)cc1)C1CC1. The maximum absolute atomic E-state index is 13.4. The van der Waals surface area contributed by atoms with E-state index in [-0.39, 0.29) is 30.9 Å². The van der Waals surface area contributed by atoms with E-state index in [2.05, 4.69) is 4.98 Å². The lowest BCUT2D eigenvalue weighted by Crippen LogP contribution is -2.44. The Morgan fingerprint density at radius 2 is 1.74 bits per heavy atom. The highest BCUT2D eigenvalue weighted by Crippen LogP contribution is 2.30. The molecule has 2 aromatic carbocycles. The first-order valence-corrected chi connectivity index (χ1v) is 12.0. The minimum absolute atomic E-state index is 0.00196. The van der Waals surface area contributed by atoms with Gasteiger partial charge in [-0.3, -0.25) is 9.59 Å². The zero-order valence-electron chi connectivity index (χ0n) is 19.8. The first kappa shape index (κ1) is 24.8. The summed E-state index contributed by atoms with van der Waals surface area (Å²) in [4.78, 5) is 32.6. The Labute approximate surface area is 202 Å². The van der Waals surface area contributed by atoms with Gasteiger partial charge in [0, 0.05) is 42.7 Å². The van der Waals surface area contributed by atoms with Gasteiger partial charge >= 0.3 is 6.18 Å². The number of carbonyl (C=O) groups is 2. The zero-order chi connectivity index (χ0) is 25.0. The summed E-state index contributed by atoms with van der Waals surface area (Å²) in [5.41, 5.74) is 1.96. The van der Waals surface area contributed by atoms with E-state index in [9.17, 15) is 22.8 Å². The molecule has 4 rings (SSSR count). The second-order valence-electron chi connectivity index (χ2n) is 9.12. The maximum Gasteiger partial charge on any atom is 0.416 e. The topological polar surface area (TPSA) is 56.4 Å². The molecular formula is C27H30F3N3O2. The number of aromatic amines is 1. The highest BCUT2D eigenvalue weighted by Gasteiger charge is 2.34. The molecule has 0 saturated heterocycles. The molecule has 1 fully saturated rings. The molecule has 0 atom stereocenters. The Bertz CT molecular complexity index is 1170. The molecule has 1 heterocycles. The predicted molar refractivity (Wildman–Crippen MR) is 129 cm³/mol. The minimum atomic E-state index is -4.41. The van der Waals surface area contributed by atoms with Crippen LogP contribution in [0.1, 0.15) is 49.3 Å². The average molecular weight is 486 g/mol. The monoisotopic (exact) mass is 485 g/mol. The minimum Gasteiger partial charge on any atom is -0.361 e. The number of rotatable bonds is 10. The van der Waals surface area contributed by atoms with E-state index in [4.69, 9.17) is 0 Å². The van der Waals surface area contributed by atoms with Crippen molar-refractivity contribution in [1.82, 2.24) is 14.8 Å². The number of aromatic nitrogens is 1. The Hall–Kier alpha value is -3.29. The second-order valence-corrected chi connectivity index (χ2v) is 9.12. The number of para-hydroxylation sites is 1. The number of fused-ring (bicyclic) bond motifs is 1. The van der Waals surface area contributed by atoms with Crippen LogP contribution in [0.2, 0.25) is 0 Å². The van der Waals surface area contributed by atoms with Crippen molar-refractivity contribution in [3.05, 3.63) is 71.4 Å². The molecule has 2 amide bonds. The van der Waals surface area contributed by atoms with E-state index in [0.717, 1.165) is 41.4 Å². The highest BCUT2D eigenvalue weighted by atomic mass is 19.4. The fourth-order valence-corrected chi connectivity index (χ4v) is 4.32. The quantitative estimate of drug-likeness (QED) is 0.409. The Kier molecular flexibility index (Phi) is 7.48. The molecule has 0 spiro atoms. The number of H-pyrrole nitrogens is 1. The van der Waals surface area contributed by atoms with Gasteiger partial charge in [-0.25, -0.2) is 0 Å². The molecule has 3 aromatic rings. The first-order valence-electron chi connectivity index (χ1n) is 12.0. The number of amides is 2. The molecule has 5 nitrogen and oxygen atoms in total. The van der Waals surface area contributed by atoms with Crippen LogP contribution in [0.15, 0.2) is 54.7 Å². The van der Waals surface area contributed by atoms with Crippen molar-refractivity contribution in [2.45, 2.75) is 57.8 Å². The standard InChI is InChI=1S/C27H30F3N3O2/c1-2-5-25(34)33(22-12-13-22)18-26(35)32(17-19-8-10-21(11-9-19)27(28,29)30)15-14-20-16-31-24-7-4-3-6-23(20)24/h3-4,6-11,16,22,31H,2,5,12-15,17-18H2,1H3. The number of nitrogens with zero attached hydrogens (tertiary/aromatic N) is 2. The van der Waals surface area contributed by atoms with Gasteiger partial charge in [-0.05, 0) is 55.0 Å². The summed E-state index contributed by atoms with van der Waals surface area (Å²) in [6, 6.07) is 12.9. The number of nitrogens with one attached hydrogen (secondary N) is 1. The van der Waals surface area contributed by atoms with Gasteiger partial charge in [0.1, 0.15) is 6.54 Å². The highest BCUT2D eigenvalue weighted by molar-refractivity contribution is 5.86. The predicted octanol–water partition coefficient (Wildman–Crippen LogP) is 5.55. The molecule has 35 heavy (non-hydrogen) atoms. The number of benzene rings is 2. The van der Waals surface area contributed by atoms with E-state index in [1.165, 1.54) is 12.1 Å². The molecule has 1 N–H and O–H groups in total. The van der Waals surface area contributed by atoms with Gasteiger partial charge in [0.15, 0.2) is 0 Å². The fourth-order valence-electron chi connectivity index (χ4n) is 4.32. The summed E-state index contributed by atoms with van der Waals surface area (Å²) in [7, 11) is 0. The van der Waals surface area contributed by atoms with Gasteiger partial charge in [0.05, 0.1) is 5.56 Å². The lowest BCUT2D eigenvalue weighted by molar-refractivity contribution is -0.141. The Morgan fingerprint density at radius 1 is 1.03 bits per heavy atom. The van der Waals surface area contributed by atoms with Gasteiger partial charge in [-0.15, -0.1) is 0 Å². The molecule has 0 unspecified atom stereocenters. The molecule has 8 heteroatoms. The summed E-state index contributed by atoms with van der Waals surface area (Å²) in [6.45, 7) is 2.50. The van der Waals surface area contributed by atoms with Crippen LogP contribution >= 0.6 is 0 Å². The zero-order valence-corrected chi connectivity index (χ0v) is 19.8. The third-order valence-corrected chi connectivity index (χ3v) is 6.41. The van der Waals surface area contributed by atoms with E-state index in [1.807, 2.05) is 37.4 Å². The molecule has 1 aromatic heterocycles. The number of hydrogen-bond acceptors (Lipinski definition) is 2. The summed E-state index contributed by atoms with van der Waals surface area (Å²) in [5, 5.41) is 1.08. The number of halogens is 3. The van der Waals surface area contributed by atoms with Crippen molar-refractivity contribution < 1.29 is 22.8 Å². The molecule has 1 aliphatic rings. The van der Waals surface area contributed by atoms with E-state index >= 15 is 0 Å². The van der Waals surface area contributed by atoms with Crippen molar-refractivity contribution in [3.8, 4) is 0 Å². The number of hydrogen-bond donors (Lipinski definition) is 1. The van der Waals surface area contributed by atoms with Crippen LogP contribution in [0, 0.1) is 0 Å². The number of carbonyl (C=O) groups excluding carboxylic acids is 2. The Morgan fingerprint density at radius 3 is 2.40 bits per heavy atom. The smallest absolute Gasteiger partial charge is 0.361 e. The van der Waals surface area contributed by atoms with Gasteiger partial charge < -0.3 is 14.8 Å². The van der Waals surface area contributed by atoms with E-state index in [0.29, 0.717) is 31.4 Å². The molecule has 0 bridgehead atoms. The summed E-state index contributed by atoms with van der Waals surface area (Å²) in [6.07, 6.45) is 1.02. The van der Waals surface area contributed by atoms with Crippen molar-refractivity contribution >= 4 is 22.7 Å². The third kappa shape index (κ3) is 6.24. The van der Waals surface area contributed by atoms with Crippen LogP contribution in [-0.4, -0.2) is 45.7 Å². The maximum atomic E-state index is 13.4. The number of alkyl halides is 3. The molecule has 1 saturated carbocycles. The largest absolute Gasteiger partial charge is 0.416 e. The van der Waals surface area contributed by atoms with Crippen molar-refractivity contribution in [2.75, 3.05) is 13.1 Å². The van der Waals surface area contributed by atoms with E-state index < -0.39 is 11.7 Å². The van der Waals surface area contributed by atoms with Crippen molar-refractivity contribution in [3.63, 3.8) is 0 Å². The molecule has 1 aliphatic carbocycles. The van der Waals surface area contributed by atoms with Crippen LogP contribution in [0.5, 0.6) is 0 Å². The van der Waals surface area contributed by atoms with Crippen molar-refractivity contribution in [1.29, 1.82) is 0 Å². The van der Waals surface area contributed by atoms with Crippen LogP contribution in [0.4, 0.5) is 13.2 Å². The first-order chi connectivity index (χ1) is 16.8. The summed E-state index contributed by atoms with van der Waals surface area (Å²) >= 11 is 0. The van der Waals surface area contributed by atoms with Crippen LogP contribution < -0.4 is 0 Å². The van der Waals surface area contributed by atoms with Crippen LogP contribution in [-0.2, 0) is 28.7 Å².